The molecule has 1 unspecified atom stereocenters. The van der Waals surface area contributed by atoms with Crippen LogP contribution in [0, 0.1) is 5.92 Å². The van der Waals surface area contributed by atoms with Crippen molar-refractivity contribution < 1.29 is 0 Å². The van der Waals surface area contributed by atoms with Crippen LogP contribution in [0.1, 0.15) is 46.1 Å². The van der Waals surface area contributed by atoms with E-state index in [2.05, 4.69) is 49.5 Å². The first-order valence-corrected chi connectivity index (χ1v) is 7.07. The Balaban J connectivity index is 0.00000121. The summed E-state index contributed by atoms with van der Waals surface area (Å²) in [4.78, 5) is 0. The first kappa shape index (κ1) is 16.2. The van der Waals surface area contributed by atoms with Gasteiger partial charge in [-0.25, -0.2) is 0 Å². The molecule has 0 aliphatic carbocycles. The molecule has 0 fully saturated rings. The quantitative estimate of drug-likeness (QED) is 0.696. The topological polar surface area (TPSA) is 12.0 Å². The molecule has 1 aromatic rings. The molecular weight excluding hydrogens is 206 g/mol. The molecule has 0 saturated carbocycles. The maximum Gasteiger partial charge on any atom is -0.00463 e. The van der Waals surface area contributed by atoms with Gasteiger partial charge in [-0.2, -0.15) is 0 Å². The molecule has 0 aromatic heterocycles. The smallest absolute Gasteiger partial charge is 0.00463 e. The molecule has 1 aromatic carbocycles. The highest BCUT2D eigenvalue weighted by Gasteiger charge is 2.02. The lowest BCUT2D eigenvalue weighted by molar-refractivity contribution is 0.498. The van der Waals surface area contributed by atoms with E-state index in [1.807, 2.05) is 13.8 Å². The lowest BCUT2D eigenvalue weighted by Gasteiger charge is -2.11. The summed E-state index contributed by atoms with van der Waals surface area (Å²) in [5.41, 5.74) is 1.46. The molecule has 0 bridgehead atoms. The number of benzene rings is 1. The molecular formula is C16H29N. The molecule has 0 aliphatic heterocycles. The van der Waals surface area contributed by atoms with Crippen LogP contribution in [0.4, 0.5) is 0 Å². The van der Waals surface area contributed by atoms with Crippen molar-refractivity contribution in [2.45, 2.75) is 47.0 Å². The van der Waals surface area contributed by atoms with Crippen LogP contribution in [0.5, 0.6) is 0 Å². The summed E-state index contributed by atoms with van der Waals surface area (Å²) in [6.45, 7) is 10.8. The Labute approximate surface area is 108 Å². The van der Waals surface area contributed by atoms with E-state index >= 15 is 0 Å². The van der Waals surface area contributed by atoms with Crippen molar-refractivity contribution in [3.63, 3.8) is 0 Å². The summed E-state index contributed by atoms with van der Waals surface area (Å²) >= 11 is 0. The lowest BCUT2D eigenvalue weighted by atomic mass is 9.98. The van der Waals surface area contributed by atoms with Crippen LogP contribution in [-0.2, 0) is 6.42 Å². The predicted molar refractivity (Wildman–Crippen MR) is 78.4 cm³/mol. The second-order valence-corrected chi connectivity index (χ2v) is 4.33. The van der Waals surface area contributed by atoms with Crippen molar-refractivity contribution in [2.75, 3.05) is 13.1 Å². The van der Waals surface area contributed by atoms with E-state index in [1.165, 1.54) is 24.8 Å². The van der Waals surface area contributed by atoms with E-state index in [4.69, 9.17) is 0 Å². The van der Waals surface area contributed by atoms with Gasteiger partial charge in [0.05, 0.1) is 0 Å². The highest BCUT2D eigenvalue weighted by molar-refractivity contribution is 5.14. The number of hydrogen-bond acceptors (Lipinski definition) is 1. The lowest BCUT2D eigenvalue weighted by Crippen LogP contribution is -2.18. The fraction of sp³-hybridized carbons (Fsp3) is 0.625. The van der Waals surface area contributed by atoms with E-state index in [-0.39, 0.29) is 0 Å². The van der Waals surface area contributed by atoms with E-state index in [1.54, 1.807) is 0 Å². The first-order valence-electron chi connectivity index (χ1n) is 7.07. The molecule has 1 atom stereocenters. The normalized spacial score (nSPS) is 11.5. The van der Waals surface area contributed by atoms with E-state index in [9.17, 15) is 0 Å². The number of rotatable bonds is 7. The van der Waals surface area contributed by atoms with Gasteiger partial charge in [-0.1, -0.05) is 58.0 Å². The summed E-state index contributed by atoms with van der Waals surface area (Å²) in [6.07, 6.45) is 3.70. The third kappa shape index (κ3) is 8.93. The minimum absolute atomic E-state index is 0.775. The monoisotopic (exact) mass is 235 g/mol. The van der Waals surface area contributed by atoms with Crippen LogP contribution < -0.4 is 5.32 Å². The van der Waals surface area contributed by atoms with E-state index < -0.39 is 0 Å². The standard InChI is InChI=1S/C14H23N.C2H6/c1-3-10-15-11-9-13(2)12-14-7-5-4-6-8-14;1-2/h4-8,13,15H,3,9-12H2,1-2H3;1-2H3. The Kier molecular flexibility index (Phi) is 11.1. The molecule has 1 heteroatoms. The third-order valence-electron chi connectivity index (χ3n) is 2.67. The zero-order valence-electron chi connectivity index (χ0n) is 12.0. The van der Waals surface area contributed by atoms with Gasteiger partial charge in [-0.05, 0) is 43.8 Å². The fourth-order valence-electron chi connectivity index (χ4n) is 1.77. The van der Waals surface area contributed by atoms with E-state index in [0.717, 1.165) is 19.0 Å². The van der Waals surface area contributed by atoms with Gasteiger partial charge in [0.15, 0.2) is 0 Å². The molecule has 0 radical (unpaired) electrons. The highest BCUT2D eigenvalue weighted by Crippen LogP contribution is 2.10. The van der Waals surface area contributed by atoms with Gasteiger partial charge < -0.3 is 5.32 Å². The summed E-state index contributed by atoms with van der Waals surface area (Å²) in [5, 5.41) is 3.45. The molecule has 0 aliphatic rings. The van der Waals surface area contributed by atoms with Gasteiger partial charge in [-0.15, -0.1) is 0 Å². The molecule has 98 valence electrons. The van der Waals surface area contributed by atoms with Crippen molar-refractivity contribution in [3.05, 3.63) is 35.9 Å². The average Bonchev–Trinajstić information content (AvgIpc) is 2.38. The third-order valence-corrected chi connectivity index (χ3v) is 2.67. The van der Waals surface area contributed by atoms with Crippen molar-refractivity contribution in [1.82, 2.24) is 5.32 Å². The van der Waals surface area contributed by atoms with Gasteiger partial charge in [0.2, 0.25) is 0 Å². The van der Waals surface area contributed by atoms with Crippen LogP contribution in [0.2, 0.25) is 0 Å². The van der Waals surface area contributed by atoms with Crippen LogP contribution in [0.15, 0.2) is 30.3 Å². The van der Waals surface area contributed by atoms with Crippen molar-refractivity contribution in [2.24, 2.45) is 5.92 Å². The van der Waals surface area contributed by atoms with E-state index in [0.29, 0.717) is 0 Å². The SMILES string of the molecule is CC.CCCNCCC(C)Cc1ccccc1. The first-order chi connectivity index (χ1) is 8.33. The average molecular weight is 235 g/mol. The number of hydrogen-bond donors (Lipinski definition) is 1. The largest absolute Gasteiger partial charge is 0.317 e. The minimum atomic E-state index is 0.775. The molecule has 1 nitrogen and oxygen atoms in total. The van der Waals surface area contributed by atoms with Gasteiger partial charge >= 0.3 is 0 Å². The second kappa shape index (κ2) is 11.7. The van der Waals surface area contributed by atoms with Crippen molar-refractivity contribution in [3.8, 4) is 0 Å². The summed E-state index contributed by atoms with van der Waals surface area (Å²) < 4.78 is 0. The summed E-state index contributed by atoms with van der Waals surface area (Å²) in [5.74, 6) is 0.775. The van der Waals surface area contributed by atoms with Crippen LogP contribution in [-0.4, -0.2) is 13.1 Å². The fourth-order valence-corrected chi connectivity index (χ4v) is 1.77. The summed E-state index contributed by atoms with van der Waals surface area (Å²) in [6, 6.07) is 10.8. The molecule has 0 amide bonds. The molecule has 1 rings (SSSR count). The van der Waals surface area contributed by atoms with Gasteiger partial charge in [0.1, 0.15) is 0 Å². The molecule has 0 saturated heterocycles. The van der Waals surface area contributed by atoms with Gasteiger partial charge in [-0.3, -0.25) is 0 Å². The Morgan fingerprint density at radius 3 is 2.29 bits per heavy atom. The highest BCUT2D eigenvalue weighted by atomic mass is 14.8. The Morgan fingerprint density at radius 2 is 1.71 bits per heavy atom. The van der Waals surface area contributed by atoms with Crippen molar-refractivity contribution in [1.29, 1.82) is 0 Å². The Morgan fingerprint density at radius 1 is 1.06 bits per heavy atom. The molecule has 17 heavy (non-hydrogen) atoms. The van der Waals surface area contributed by atoms with Crippen LogP contribution in [0.3, 0.4) is 0 Å². The Bertz CT molecular complexity index is 243. The maximum atomic E-state index is 3.45. The molecule has 0 heterocycles. The van der Waals surface area contributed by atoms with Gasteiger partial charge in [0.25, 0.3) is 0 Å². The second-order valence-electron chi connectivity index (χ2n) is 4.33. The Hall–Kier alpha value is -0.820. The summed E-state index contributed by atoms with van der Waals surface area (Å²) in [7, 11) is 0. The molecule has 0 spiro atoms. The van der Waals surface area contributed by atoms with Crippen LogP contribution in [0.25, 0.3) is 0 Å². The number of nitrogens with one attached hydrogen (secondary N) is 1. The molecule has 1 N–H and O–H groups in total. The van der Waals surface area contributed by atoms with Crippen molar-refractivity contribution >= 4 is 0 Å². The van der Waals surface area contributed by atoms with Crippen LogP contribution >= 0.6 is 0 Å². The van der Waals surface area contributed by atoms with Gasteiger partial charge in [0, 0.05) is 0 Å². The maximum absolute atomic E-state index is 3.45. The minimum Gasteiger partial charge on any atom is -0.317 e. The zero-order chi connectivity index (χ0) is 12.9. The zero-order valence-corrected chi connectivity index (χ0v) is 12.0. The predicted octanol–water partition coefficient (Wildman–Crippen LogP) is 4.28.